The highest BCUT2D eigenvalue weighted by Gasteiger charge is 2.27. The van der Waals surface area contributed by atoms with E-state index in [2.05, 4.69) is 4.74 Å². The van der Waals surface area contributed by atoms with Crippen molar-refractivity contribution < 1.29 is 19.0 Å². The Hall–Kier alpha value is -0.170. The molecule has 0 rings (SSSR count). The van der Waals surface area contributed by atoms with Gasteiger partial charge >= 0.3 is 5.97 Å². The van der Waals surface area contributed by atoms with Crippen molar-refractivity contribution in [2.75, 3.05) is 19.4 Å². The second-order valence-corrected chi connectivity index (χ2v) is 9.62. The first-order valence-corrected chi connectivity index (χ1v) is 8.09. The van der Waals surface area contributed by atoms with Crippen LogP contribution in [0.2, 0.25) is 0 Å². The first kappa shape index (κ1) is 12.8. The van der Waals surface area contributed by atoms with Crippen molar-refractivity contribution in [3.63, 3.8) is 0 Å². The molecule has 0 spiro atoms. The molecule has 0 aromatic heterocycles. The monoisotopic (exact) mass is 224 g/mol. The minimum Gasteiger partial charge on any atom is -0.626 e. The summed E-state index contributed by atoms with van der Waals surface area (Å²) in [4.78, 5) is 22.1. The Kier molecular flexibility index (Phi) is 5.46. The fraction of sp³-hybridized carbons (Fsp3) is 0.714. The van der Waals surface area contributed by atoms with E-state index in [0.717, 1.165) is 5.80 Å². The smallest absolute Gasteiger partial charge is 0.373 e. The molecule has 0 radical (unpaired) electrons. The van der Waals surface area contributed by atoms with Crippen LogP contribution < -0.4 is 4.89 Å². The minimum atomic E-state index is -2.69. The average Bonchev–Trinajstić information content (AvgIpc) is 2.16. The lowest BCUT2D eigenvalue weighted by Crippen LogP contribution is -2.05. The largest absolute Gasteiger partial charge is 0.626 e. The van der Waals surface area contributed by atoms with Crippen LogP contribution in [0.5, 0.6) is 0 Å². The maximum absolute atomic E-state index is 11.8. The SMILES string of the molecule is CCP(=O)(CC)[P+]([O-])=CC(=O)OC. The third kappa shape index (κ3) is 3.60. The first-order valence-electron chi connectivity index (χ1n) is 3.98. The number of hydrogen-bond donors (Lipinski definition) is 0. The molecular weight excluding hydrogens is 210 g/mol. The summed E-state index contributed by atoms with van der Waals surface area (Å²) in [5.74, 6) is 0.242. The number of carbonyl (C=O) groups is 1. The van der Waals surface area contributed by atoms with Crippen LogP contribution in [0.15, 0.2) is 0 Å². The maximum Gasteiger partial charge on any atom is 0.373 e. The Morgan fingerprint density at radius 2 is 2.00 bits per heavy atom. The summed E-state index contributed by atoms with van der Waals surface area (Å²) >= 11 is 0. The molecular formula is C7H14O4P2. The quantitative estimate of drug-likeness (QED) is 0.528. The second kappa shape index (κ2) is 5.54. The highest BCUT2D eigenvalue weighted by molar-refractivity contribution is 8.29. The van der Waals surface area contributed by atoms with Crippen LogP contribution in [0.1, 0.15) is 13.8 Å². The van der Waals surface area contributed by atoms with Crippen LogP contribution in [0.3, 0.4) is 0 Å². The minimum absolute atomic E-state index is 0.353. The van der Waals surface area contributed by atoms with Crippen LogP contribution in [0, 0.1) is 0 Å². The van der Waals surface area contributed by atoms with Gasteiger partial charge in [-0.25, -0.2) is 4.79 Å². The first-order chi connectivity index (χ1) is 6.00. The lowest BCUT2D eigenvalue weighted by atomic mass is 10.8. The molecule has 13 heavy (non-hydrogen) atoms. The van der Waals surface area contributed by atoms with Crippen molar-refractivity contribution >= 4 is 26.1 Å². The lowest BCUT2D eigenvalue weighted by Gasteiger charge is -2.08. The van der Waals surface area contributed by atoms with Gasteiger partial charge in [-0.3, -0.25) is 4.57 Å². The van der Waals surface area contributed by atoms with Crippen molar-refractivity contribution in [1.29, 1.82) is 0 Å². The van der Waals surface area contributed by atoms with E-state index in [-0.39, 0.29) is 0 Å². The Bertz CT molecular complexity index is 251. The number of methoxy groups -OCH3 is 1. The molecule has 0 aliphatic carbocycles. The number of carbonyl (C=O) groups excluding carboxylic acids is 1. The van der Waals surface area contributed by atoms with Gasteiger partial charge in [0, 0.05) is 12.3 Å². The van der Waals surface area contributed by atoms with Crippen molar-refractivity contribution in [1.82, 2.24) is 0 Å². The van der Waals surface area contributed by atoms with Crippen LogP contribution >= 0.6 is 14.3 Å². The van der Waals surface area contributed by atoms with Gasteiger partial charge in [-0.1, -0.05) is 13.8 Å². The predicted octanol–water partition coefficient (Wildman–Crippen LogP) is 1.04. The summed E-state index contributed by atoms with van der Waals surface area (Å²) in [5.41, 5.74) is 0. The normalized spacial score (nSPS) is 12.8. The number of ether oxygens (including phenoxy) is 1. The van der Waals surface area contributed by atoms with E-state index in [0.29, 0.717) is 12.3 Å². The standard InChI is InChI=1S/C7H14O4P2/c1-4-13(10,5-2)12(9)6-7(8)11-3/h6H,4-5H2,1-3H3. The molecule has 0 aromatic carbocycles. The van der Waals surface area contributed by atoms with Gasteiger partial charge in [-0.05, 0) is 0 Å². The molecule has 0 bridgehead atoms. The third-order valence-corrected chi connectivity index (χ3v) is 9.09. The van der Waals surface area contributed by atoms with Gasteiger partial charge in [0.1, 0.15) is 7.46 Å². The molecule has 0 amide bonds. The number of rotatable bonds is 4. The third-order valence-electron chi connectivity index (χ3n) is 1.76. The summed E-state index contributed by atoms with van der Waals surface area (Å²) < 4.78 is 16.1. The predicted molar refractivity (Wildman–Crippen MR) is 53.7 cm³/mol. The lowest BCUT2D eigenvalue weighted by molar-refractivity contribution is -0.148. The van der Waals surface area contributed by atoms with Gasteiger partial charge < -0.3 is 9.63 Å². The molecule has 0 fully saturated rings. The Balaban J connectivity index is 4.75. The highest BCUT2D eigenvalue weighted by atomic mass is 32.1. The molecule has 4 nitrogen and oxygen atoms in total. The average molecular weight is 224 g/mol. The van der Waals surface area contributed by atoms with E-state index in [4.69, 9.17) is 0 Å². The number of esters is 1. The Morgan fingerprint density at radius 1 is 1.54 bits per heavy atom. The zero-order valence-electron chi connectivity index (χ0n) is 8.02. The fourth-order valence-corrected chi connectivity index (χ4v) is 4.84. The summed E-state index contributed by atoms with van der Waals surface area (Å²) in [7, 11) is -0.866. The van der Waals surface area contributed by atoms with E-state index in [1.165, 1.54) is 7.11 Å². The highest BCUT2D eigenvalue weighted by Crippen LogP contribution is 2.63. The van der Waals surface area contributed by atoms with Gasteiger partial charge in [0.2, 0.25) is 0 Å². The molecule has 0 aromatic rings. The molecule has 1 atom stereocenters. The van der Waals surface area contributed by atoms with Crippen molar-refractivity contribution in [3.05, 3.63) is 0 Å². The zero-order chi connectivity index (χ0) is 10.5. The Morgan fingerprint density at radius 3 is 2.31 bits per heavy atom. The van der Waals surface area contributed by atoms with Crippen LogP contribution in [-0.2, 0) is 14.1 Å². The van der Waals surface area contributed by atoms with Gasteiger partial charge in [0.05, 0.1) is 7.11 Å². The molecule has 0 aliphatic rings. The molecule has 0 N–H and O–H groups in total. The summed E-state index contributed by atoms with van der Waals surface area (Å²) in [5, 5.41) is 0. The molecule has 0 heterocycles. The van der Waals surface area contributed by atoms with Gasteiger partial charge in [0.15, 0.2) is 5.80 Å². The summed E-state index contributed by atoms with van der Waals surface area (Å²) in [6.45, 7) is 0.736. The topological polar surface area (TPSA) is 66.4 Å². The molecule has 0 saturated carbocycles. The van der Waals surface area contributed by atoms with E-state index in [9.17, 15) is 14.3 Å². The van der Waals surface area contributed by atoms with E-state index in [1.54, 1.807) is 13.8 Å². The van der Waals surface area contributed by atoms with Crippen LogP contribution in [0.25, 0.3) is 0 Å². The molecule has 76 valence electrons. The van der Waals surface area contributed by atoms with Crippen molar-refractivity contribution in [2.45, 2.75) is 13.8 Å². The zero-order valence-corrected chi connectivity index (χ0v) is 9.81. The maximum atomic E-state index is 11.8. The van der Waals surface area contributed by atoms with E-state index in [1.807, 2.05) is 0 Å². The Labute approximate surface area is 79.0 Å². The molecule has 0 saturated heterocycles. The van der Waals surface area contributed by atoms with Crippen molar-refractivity contribution in [2.24, 2.45) is 0 Å². The van der Waals surface area contributed by atoms with Crippen molar-refractivity contribution in [3.8, 4) is 0 Å². The van der Waals surface area contributed by atoms with Crippen LogP contribution in [-0.4, -0.2) is 31.2 Å². The molecule has 1 unspecified atom stereocenters. The second-order valence-electron chi connectivity index (χ2n) is 2.43. The summed E-state index contributed by atoms with van der Waals surface area (Å²) in [6, 6.07) is 0. The molecule has 0 aliphatic heterocycles. The molecule has 6 heteroatoms. The number of hydrogen-bond acceptors (Lipinski definition) is 4. The summed E-state index contributed by atoms with van der Waals surface area (Å²) in [6.07, 6.45) is 0.707. The fourth-order valence-electron chi connectivity index (χ4n) is 0.750. The van der Waals surface area contributed by atoms with E-state index < -0.39 is 20.3 Å². The van der Waals surface area contributed by atoms with Gasteiger partial charge in [0.25, 0.3) is 6.83 Å². The van der Waals surface area contributed by atoms with E-state index >= 15 is 0 Å². The van der Waals surface area contributed by atoms with Crippen LogP contribution in [0.4, 0.5) is 0 Å². The van der Waals surface area contributed by atoms with Gasteiger partial charge in [-0.15, -0.1) is 0 Å². The van der Waals surface area contributed by atoms with Gasteiger partial charge in [-0.2, -0.15) is 0 Å².